The second kappa shape index (κ2) is 8.91. The molecule has 0 unspecified atom stereocenters. The van der Waals surface area contributed by atoms with Gasteiger partial charge in [0.15, 0.2) is 0 Å². The average Bonchev–Trinajstić information content (AvgIpc) is 2.71. The summed E-state index contributed by atoms with van der Waals surface area (Å²) in [5, 5.41) is 15.6. The first-order valence-electron chi connectivity index (χ1n) is 9.97. The Morgan fingerprint density at radius 1 is 1.14 bits per heavy atom. The molecule has 0 radical (unpaired) electrons. The maximum atomic E-state index is 12.5. The summed E-state index contributed by atoms with van der Waals surface area (Å²) in [6, 6.07) is 9.31. The highest BCUT2D eigenvalue weighted by molar-refractivity contribution is 5.94. The quantitative estimate of drug-likeness (QED) is 0.812. The zero-order chi connectivity index (χ0) is 21.0. The highest BCUT2D eigenvalue weighted by Crippen LogP contribution is 2.24. The molecule has 29 heavy (non-hydrogen) atoms. The molecule has 1 amide bonds. The summed E-state index contributed by atoms with van der Waals surface area (Å²) in [5.41, 5.74) is 3.10. The Balaban J connectivity index is 1.56. The van der Waals surface area contributed by atoms with Gasteiger partial charge in [0.2, 0.25) is 5.95 Å². The van der Waals surface area contributed by atoms with Gasteiger partial charge in [0, 0.05) is 43.0 Å². The topological polar surface area (TPSA) is 93.9 Å². The lowest BCUT2D eigenvalue weighted by Crippen LogP contribution is -2.40. The molecule has 7 nitrogen and oxygen atoms in total. The number of benzene rings is 1. The molecule has 0 spiro atoms. The van der Waals surface area contributed by atoms with Crippen molar-refractivity contribution in [2.24, 2.45) is 0 Å². The molecule has 0 atom stereocenters. The summed E-state index contributed by atoms with van der Waals surface area (Å²) < 4.78 is 0. The van der Waals surface area contributed by atoms with E-state index in [4.69, 9.17) is 5.26 Å². The van der Waals surface area contributed by atoms with E-state index in [9.17, 15) is 4.79 Å². The van der Waals surface area contributed by atoms with Gasteiger partial charge in [0.25, 0.3) is 5.91 Å². The lowest BCUT2D eigenvalue weighted by atomic mass is 9.91. The molecule has 1 aromatic heterocycles. The number of nitrogens with one attached hydrogen (secondary N) is 2. The number of nitriles is 1. The largest absolute Gasteiger partial charge is 0.362 e. The Morgan fingerprint density at radius 2 is 1.83 bits per heavy atom. The zero-order valence-electron chi connectivity index (χ0n) is 17.5. The van der Waals surface area contributed by atoms with E-state index in [0.717, 1.165) is 42.8 Å². The van der Waals surface area contributed by atoms with Crippen molar-refractivity contribution in [3.8, 4) is 6.07 Å². The van der Waals surface area contributed by atoms with Crippen molar-refractivity contribution in [1.82, 2.24) is 15.3 Å². The normalized spacial score (nSPS) is 18.6. The molecule has 1 aliphatic rings. The molecule has 1 aliphatic carbocycles. The first-order chi connectivity index (χ1) is 13.9. The molecular weight excluding hydrogens is 364 g/mol. The Kier molecular flexibility index (Phi) is 6.32. The van der Waals surface area contributed by atoms with Gasteiger partial charge in [-0.15, -0.1) is 0 Å². The molecule has 3 rings (SSSR count). The third-order valence-electron chi connectivity index (χ3n) is 5.44. The minimum atomic E-state index is -0.119. The van der Waals surface area contributed by atoms with Gasteiger partial charge in [0.1, 0.15) is 5.82 Å². The van der Waals surface area contributed by atoms with Crippen molar-refractivity contribution >= 4 is 17.7 Å². The highest BCUT2D eigenvalue weighted by Gasteiger charge is 2.24. The van der Waals surface area contributed by atoms with Crippen molar-refractivity contribution in [3.63, 3.8) is 0 Å². The maximum Gasteiger partial charge on any atom is 0.251 e. The van der Waals surface area contributed by atoms with Crippen molar-refractivity contribution in [2.45, 2.75) is 51.6 Å². The lowest BCUT2D eigenvalue weighted by Gasteiger charge is -2.30. The van der Waals surface area contributed by atoms with Gasteiger partial charge in [-0.05, 0) is 57.7 Å². The second-order valence-corrected chi connectivity index (χ2v) is 7.83. The molecule has 2 N–H and O–H groups in total. The van der Waals surface area contributed by atoms with Crippen LogP contribution in [0.4, 0.5) is 11.8 Å². The Labute approximate surface area is 172 Å². The molecule has 2 aromatic rings. The van der Waals surface area contributed by atoms with Gasteiger partial charge < -0.3 is 15.5 Å². The monoisotopic (exact) mass is 392 g/mol. The fraction of sp³-hybridized carbons (Fsp3) is 0.455. The van der Waals surface area contributed by atoms with Crippen LogP contribution in [0.5, 0.6) is 0 Å². The number of carbonyl (C=O) groups is 1. The van der Waals surface area contributed by atoms with E-state index in [0.29, 0.717) is 23.1 Å². The van der Waals surface area contributed by atoms with E-state index in [2.05, 4.69) is 26.7 Å². The molecule has 152 valence electrons. The van der Waals surface area contributed by atoms with Gasteiger partial charge in [0.05, 0.1) is 11.6 Å². The SMILES string of the molecule is Cc1nc(NC2CCC(NC(=O)c3cccc(C#N)c3)CC2)nc(N(C)C)c1C. The van der Waals surface area contributed by atoms with Gasteiger partial charge in [-0.1, -0.05) is 6.07 Å². The van der Waals surface area contributed by atoms with Crippen LogP contribution in [0.2, 0.25) is 0 Å². The zero-order valence-corrected chi connectivity index (χ0v) is 17.5. The van der Waals surface area contributed by atoms with Gasteiger partial charge in [-0.25, -0.2) is 4.98 Å². The predicted molar refractivity (Wildman–Crippen MR) is 114 cm³/mol. The Hall–Kier alpha value is -3.14. The summed E-state index contributed by atoms with van der Waals surface area (Å²) in [5.74, 6) is 1.48. The van der Waals surface area contributed by atoms with Crippen LogP contribution in [-0.2, 0) is 0 Å². The van der Waals surface area contributed by atoms with Crippen molar-refractivity contribution in [2.75, 3.05) is 24.3 Å². The number of hydrogen-bond donors (Lipinski definition) is 2. The van der Waals surface area contributed by atoms with Crippen LogP contribution in [-0.4, -0.2) is 42.1 Å². The van der Waals surface area contributed by atoms with Crippen LogP contribution in [0.15, 0.2) is 24.3 Å². The molecule has 0 aliphatic heterocycles. The lowest BCUT2D eigenvalue weighted by molar-refractivity contribution is 0.0926. The number of carbonyl (C=O) groups excluding carboxylic acids is 1. The van der Waals surface area contributed by atoms with Crippen LogP contribution >= 0.6 is 0 Å². The first kappa shape index (κ1) is 20.6. The summed E-state index contributed by atoms with van der Waals surface area (Å²) in [7, 11) is 3.97. The third-order valence-corrected chi connectivity index (χ3v) is 5.44. The van der Waals surface area contributed by atoms with Crippen LogP contribution in [0.3, 0.4) is 0 Å². The molecule has 1 aromatic carbocycles. The standard InChI is InChI=1S/C22H28N6O/c1-14-15(2)24-22(27-20(14)28(3)4)26-19-10-8-18(9-11-19)25-21(29)17-7-5-6-16(12-17)13-23/h5-7,12,18-19H,8-11H2,1-4H3,(H,25,29)(H,24,26,27). The number of amides is 1. The van der Waals surface area contributed by atoms with E-state index in [1.807, 2.05) is 32.8 Å². The van der Waals surface area contributed by atoms with Gasteiger partial charge in [-0.2, -0.15) is 10.2 Å². The van der Waals surface area contributed by atoms with Gasteiger partial charge in [-0.3, -0.25) is 4.79 Å². The van der Waals surface area contributed by atoms with Crippen LogP contribution in [0, 0.1) is 25.2 Å². The number of aromatic nitrogens is 2. The summed E-state index contributed by atoms with van der Waals surface area (Å²) in [4.78, 5) is 23.7. The Morgan fingerprint density at radius 3 is 2.48 bits per heavy atom. The number of rotatable bonds is 5. The van der Waals surface area contributed by atoms with Crippen molar-refractivity contribution < 1.29 is 4.79 Å². The second-order valence-electron chi connectivity index (χ2n) is 7.83. The molecule has 1 fully saturated rings. The summed E-state index contributed by atoms with van der Waals surface area (Å²) in [6.07, 6.45) is 3.67. The fourth-order valence-electron chi connectivity index (χ4n) is 3.68. The molecular formula is C22H28N6O. The smallest absolute Gasteiger partial charge is 0.251 e. The molecule has 7 heteroatoms. The van der Waals surface area contributed by atoms with E-state index < -0.39 is 0 Å². The number of anilines is 2. The molecule has 1 heterocycles. The maximum absolute atomic E-state index is 12.5. The average molecular weight is 393 g/mol. The minimum absolute atomic E-state index is 0.119. The highest BCUT2D eigenvalue weighted by atomic mass is 16.1. The Bertz CT molecular complexity index is 925. The number of hydrogen-bond acceptors (Lipinski definition) is 6. The molecule has 1 saturated carbocycles. The van der Waals surface area contributed by atoms with Crippen LogP contribution in [0.25, 0.3) is 0 Å². The number of nitrogens with zero attached hydrogens (tertiary/aromatic N) is 4. The number of aryl methyl sites for hydroxylation is 1. The molecule has 0 saturated heterocycles. The predicted octanol–water partition coefficient (Wildman–Crippen LogP) is 3.18. The van der Waals surface area contributed by atoms with Crippen LogP contribution in [0.1, 0.15) is 52.9 Å². The molecule has 0 bridgehead atoms. The minimum Gasteiger partial charge on any atom is -0.362 e. The van der Waals surface area contributed by atoms with E-state index >= 15 is 0 Å². The van der Waals surface area contributed by atoms with Gasteiger partial charge >= 0.3 is 0 Å². The summed E-state index contributed by atoms with van der Waals surface area (Å²) in [6.45, 7) is 4.04. The third kappa shape index (κ3) is 5.02. The van der Waals surface area contributed by atoms with Crippen LogP contribution < -0.4 is 15.5 Å². The van der Waals surface area contributed by atoms with E-state index in [-0.39, 0.29) is 11.9 Å². The summed E-state index contributed by atoms with van der Waals surface area (Å²) >= 11 is 0. The van der Waals surface area contributed by atoms with Crippen molar-refractivity contribution in [1.29, 1.82) is 5.26 Å². The van der Waals surface area contributed by atoms with E-state index in [1.54, 1.807) is 24.3 Å². The fourth-order valence-corrected chi connectivity index (χ4v) is 3.68. The first-order valence-corrected chi connectivity index (χ1v) is 9.97. The van der Waals surface area contributed by atoms with Crippen molar-refractivity contribution in [3.05, 3.63) is 46.6 Å². The van der Waals surface area contributed by atoms with E-state index in [1.165, 1.54) is 0 Å².